The van der Waals surface area contributed by atoms with Gasteiger partial charge in [-0.15, -0.1) is 0 Å². The van der Waals surface area contributed by atoms with Gasteiger partial charge in [-0.05, 0) is 22.8 Å². The summed E-state index contributed by atoms with van der Waals surface area (Å²) in [6.45, 7) is 0.497. The van der Waals surface area contributed by atoms with Gasteiger partial charge in [0, 0.05) is 5.69 Å². The number of benzene rings is 3. The molecule has 1 atom stereocenters. The van der Waals surface area contributed by atoms with Crippen molar-refractivity contribution in [3.63, 3.8) is 0 Å². The Bertz CT molecular complexity index is 976. The minimum absolute atomic E-state index is 0.0321. The van der Waals surface area contributed by atoms with Crippen molar-refractivity contribution in [1.82, 2.24) is 0 Å². The second-order valence-corrected chi connectivity index (χ2v) is 6.50. The van der Waals surface area contributed by atoms with E-state index in [0.29, 0.717) is 6.54 Å². The summed E-state index contributed by atoms with van der Waals surface area (Å²) in [5.41, 5.74) is 2.79. The molecule has 126 valence electrons. The Hall–Kier alpha value is -3.38. The Kier molecular flexibility index (Phi) is 4.02. The van der Waals surface area contributed by atoms with Crippen LogP contribution in [-0.2, 0) is 16.8 Å². The zero-order valence-electron chi connectivity index (χ0n) is 14.3. The highest BCUT2D eigenvalue weighted by Crippen LogP contribution is 2.48. The van der Waals surface area contributed by atoms with Gasteiger partial charge in [0.1, 0.15) is 5.41 Å². The first-order valence-electron chi connectivity index (χ1n) is 8.65. The molecule has 0 fully saturated rings. The molecule has 3 aromatic rings. The van der Waals surface area contributed by atoms with Crippen LogP contribution in [-0.4, -0.2) is 5.91 Å². The third-order valence-corrected chi connectivity index (χ3v) is 5.06. The standard InChI is InChI=1S/C23H18N2O/c24-16-15-23(19-11-5-2-6-12-19)20-13-7-8-14-21(20)25(22(23)26)17-18-9-3-1-4-10-18/h1-14H,15,17H2. The van der Waals surface area contributed by atoms with E-state index in [1.807, 2.05) is 89.8 Å². The van der Waals surface area contributed by atoms with Crippen molar-refractivity contribution in [3.8, 4) is 6.07 Å². The second-order valence-electron chi connectivity index (χ2n) is 6.50. The minimum atomic E-state index is -0.943. The molecule has 0 radical (unpaired) electrons. The van der Waals surface area contributed by atoms with E-state index in [1.54, 1.807) is 0 Å². The largest absolute Gasteiger partial charge is 0.307 e. The molecule has 1 heterocycles. The molecule has 0 aliphatic carbocycles. The molecule has 0 saturated heterocycles. The zero-order chi connectivity index (χ0) is 18.0. The van der Waals surface area contributed by atoms with Crippen LogP contribution in [0.25, 0.3) is 0 Å². The lowest BCUT2D eigenvalue weighted by atomic mass is 9.73. The molecular formula is C23H18N2O. The van der Waals surface area contributed by atoms with Crippen molar-refractivity contribution in [2.24, 2.45) is 0 Å². The van der Waals surface area contributed by atoms with Gasteiger partial charge in [0.25, 0.3) is 0 Å². The molecule has 3 nitrogen and oxygen atoms in total. The van der Waals surface area contributed by atoms with Crippen LogP contribution < -0.4 is 4.90 Å². The molecule has 1 amide bonds. The third-order valence-electron chi connectivity index (χ3n) is 5.06. The van der Waals surface area contributed by atoms with Crippen LogP contribution in [0.5, 0.6) is 0 Å². The fourth-order valence-corrected chi connectivity index (χ4v) is 3.84. The number of para-hydroxylation sites is 1. The van der Waals surface area contributed by atoms with Gasteiger partial charge >= 0.3 is 0 Å². The minimum Gasteiger partial charge on any atom is -0.307 e. The SMILES string of the molecule is N#CCC1(c2ccccc2)C(=O)N(Cc2ccccc2)c2ccccc21. The fraction of sp³-hybridized carbons (Fsp3) is 0.130. The van der Waals surface area contributed by atoms with Crippen LogP contribution in [0.1, 0.15) is 23.1 Å². The number of fused-ring (bicyclic) bond motifs is 1. The second kappa shape index (κ2) is 6.50. The molecule has 1 unspecified atom stereocenters. The average molecular weight is 338 g/mol. The summed E-state index contributed by atoms with van der Waals surface area (Å²) < 4.78 is 0. The Labute approximate surface area is 153 Å². The van der Waals surface area contributed by atoms with Crippen molar-refractivity contribution in [2.75, 3.05) is 4.90 Å². The molecule has 0 N–H and O–H groups in total. The average Bonchev–Trinajstić information content (AvgIpc) is 2.93. The van der Waals surface area contributed by atoms with E-state index in [2.05, 4.69) is 6.07 Å². The molecule has 1 aliphatic heterocycles. The maximum absolute atomic E-state index is 13.7. The van der Waals surface area contributed by atoms with Gasteiger partial charge in [-0.2, -0.15) is 5.26 Å². The fourth-order valence-electron chi connectivity index (χ4n) is 3.84. The Balaban J connectivity index is 1.89. The molecular weight excluding hydrogens is 320 g/mol. The van der Waals surface area contributed by atoms with Gasteiger partial charge in [-0.25, -0.2) is 0 Å². The molecule has 26 heavy (non-hydrogen) atoms. The van der Waals surface area contributed by atoms with Gasteiger partial charge < -0.3 is 4.90 Å². The number of anilines is 1. The summed E-state index contributed by atoms with van der Waals surface area (Å²) in [4.78, 5) is 15.5. The van der Waals surface area contributed by atoms with Gasteiger partial charge in [-0.1, -0.05) is 78.9 Å². The topological polar surface area (TPSA) is 44.1 Å². The van der Waals surface area contributed by atoms with E-state index in [0.717, 1.165) is 22.4 Å². The number of carbonyl (C=O) groups is 1. The van der Waals surface area contributed by atoms with Crippen LogP contribution in [0.2, 0.25) is 0 Å². The summed E-state index contributed by atoms with van der Waals surface area (Å²) in [7, 11) is 0. The van der Waals surface area contributed by atoms with Crippen LogP contribution in [0.15, 0.2) is 84.9 Å². The van der Waals surface area contributed by atoms with Crippen molar-refractivity contribution in [3.05, 3.63) is 102 Å². The number of nitriles is 1. The lowest BCUT2D eigenvalue weighted by Crippen LogP contribution is -2.40. The number of hydrogen-bond donors (Lipinski definition) is 0. The van der Waals surface area contributed by atoms with E-state index < -0.39 is 5.41 Å². The first-order chi connectivity index (χ1) is 12.8. The summed E-state index contributed by atoms with van der Waals surface area (Å²) in [6.07, 6.45) is 0.123. The third kappa shape index (κ3) is 2.39. The van der Waals surface area contributed by atoms with Gasteiger partial charge in [0.05, 0.1) is 19.0 Å². The lowest BCUT2D eigenvalue weighted by Gasteiger charge is -2.27. The van der Waals surface area contributed by atoms with Crippen molar-refractivity contribution < 1.29 is 4.79 Å². The Morgan fingerprint density at radius 2 is 1.46 bits per heavy atom. The summed E-state index contributed by atoms with van der Waals surface area (Å²) in [6, 6.07) is 29.7. The van der Waals surface area contributed by atoms with E-state index in [9.17, 15) is 10.1 Å². The van der Waals surface area contributed by atoms with E-state index in [1.165, 1.54) is 0 Å². The highest BCUT2D eigenvalue weighted by atomic mass is 16.2. The highest BCUT2D eigenvalue weighted by molar-refractivity contribution is 6.10. The number of hydrogen-bond acceptors (Lipinski definition) is 2. The van der Waals surface area contributed by atoms with Gasteiger partial charge in [0.2, 0.25) is 5.91 Å². The first-order valence-corrected chi connectivity index (χ1v) is 8.65. The van der Waals surface area contributed by atoms with E-state index in [-0.39, 0.29) is 12.3 Å². The van der Waals surface area contributed by atoms with Crippen molar-refractivity contribution in [2.45, 2.75) is 18.4 Å². The molecule has 1 aliphatic rings. The van der Waals surface area contributed by atoms with Crippen LogP contribution in [0, 0.1) is 11.3 Å². The molecule has 0 spiro atoms. The lowest BCUT2D eigenvalue weighted by molar-refractivity contribution is -0.121. The van der Waals surface area contributed by atoms with Crippen LogP contribution in [0.3, 0.4) is 0 Å². The van der Waals surface area contributed by atoms with E-state index >= 15 is 0 Å². The van der Waals surface area contributed by atoms with Gasteiger partial charge in [0.15, 0.2) is 0 Å². The molecule has 0 saturated carbocycles. The molecule has 3 heteroatoms. The van der Waals surface area contributed by atoms with Crippen molar-refractivity contribution >= 4 is 11.6 Å². The molecule has 3 aromatic carbocycles. The zero-order valence-corrected chi connectivity index (χ0v) is 14.3. The Morgan fingerprint density at radius 1 is 0.846 bits per heavy atom. The summed E-state index contributed by atoms with van der Waals surface area (Å²) in [5, 5.41) is 9.55. The predicted octanol–water partition coefficient (Wildman–Crippen LogP) is 4.43. The van der Waals surface area contributed by atoms with Gasteiger partial charge in [-0.3, -0.25) is 4.79 Å². The molecule has 0 aromatic heterocycles. The number of nitrogens with zero attached hydrogens (tertiary/aromatic N) is 2. The maximum atomic E-state index is 13.7. The smallest absolute Gasteiger partial charge is 0.243 e. The number of rotatable bonds is 4. The van der Waals surface area contributed by atoms with E-state index in [4.69, 9.17) is 0 Å². The van der Waals surface area contributed by atoms with Crippen LogP contribution in [0.4, 0.5) is 5.69 Å². The molecule has 0 bridgehead atoms. The van der Waals surface area contributed by atoms with Crippen molar-refractivity contribution in [1.29, 1.82) is 5.26 Å². The monoisotopic (exact) mass is 338 g/mol. The summed E-state index contributed by atoms with van der Waals surface area (Å²) in [5.74, 6) is -0.0321. The number of amides is 1. The quantitative estimate of drug-likeness (QED) is 0.706. The normalized spacial score (nSPS) is 18.4. The van der Waals surface area contributed by atoms with Crippen LogP contribution >= 0.6 is 0 Å². The highest BCUT2D eigenvalue weighted by Gasteiger charge is 2.51. The summed E-state index contributed by atoms with van der Waals surface area (Å²) >= 11 is 0. The Morgan fingerprint density at radius 3 is 2.15 bits per heavy atom. The molecule has 4 rings (SSSR count). The number of carbonyl (C=O) groups excluding carboxylic acids is 1. The maximum Gasteiger partial charge on any atom is 0.243 e. The first kappa shape index (κ1) is 16.1. The predicted molar refractivity (Wildman–Crippen MR) is 102 cm³/mol.